The Kier molecular flexibility index (Phi) is 5.24. The molecule has 1 aromatic carbocycles. The standard InChI is InChI=1S/C16H19N5O2/c1-4-9-17-15-14(21(22)23)16(19-10-18-15)20-13-7-5-12(6-8-13)11(2)3/h4-8,10-11H,1,9H2,2-3H3,(H2,17,18,19,20). The van der Waals surface area contributed by atoms with Crippen LogP contribution in [0.15, 0.2) is 43.2 Å². The van der Waals surface area contributed by atoms with Crippen LogP contribution in [0.2, 0.25) is 0 Å². The summed E-state index contributed by atoms with van der Waals surface area (Å²) >= 11 is 0. The Morgan fingerprint density at radius 2 is 1.91 bits per heavy atom. The monoisotopic (exact) mass is 313 g/mol. The van der Waals surface area contributed by atoms with E-state index in [0.29, 0.717) is 12.5 Å². The van der Waals surface area contributed by atoms with Gasteiger partial charge in [0.05, 0.1) is 4.92 Å². The first-order chi connectivity index (χ1) is 11.0. The van der Waals surface area contributed by atoms with Crippen LogP contribution < -0.4 is 10.6 Å². The van der Waals surface area contributed by atoms with Gasteiger partial charge in [-0.15, -0.1) is 6.58 Å². The zero-order chi connectivity index (χ0) is 16.8. The lowest BCUT2D eigenvalue weighted by Gasteiger charge is -2.10. The van der Waals surface area contributed by atoms with E-state index in [1.165, 1.54) is 11.9 Å². The Morgan fingerprint density at radius 3 is 2.48 bits per heavy atom. The number of nitrogens with zero attached hydrogens (tertiary/aromatic N) is 3. The largest absolute Gasteiger partial charge is 0.361 e. The highest BCUT2D eigenvalue weighted by molar-refractivity contribution is 5.73. The Balaban J connectivity index is 2.31. The summed E-state index contributed by atoms with van der Waals surface area (Å²) in [5, 5.41) is 17.2. The van der Waals surface area contributed by atoms with Crippen LogP contribution in [0.5, 0.6) is 0 Å². The zero-order valence-corrected chi connectivity index (χ0v) is 13.1. The van der Waals surface area contributed by atoms with Gasteiger partial charge >= 0.3 is 5.69 Å². The highest BCUT2D eigenvalue weighted by atomic mass is 16.6. The number of benzene rings is 1. The second-order valence-corrected chi connectivity index (χ2v) is 5.25. The molecule has 23 heavy (non-hydrogen) atoms. The highest BCUT2D eigenvalue weighted by Crippen LogP contribution is 2.31. The molecule has 0 bridgehead atoms. The molecule has 0 saturated carbocycles. The molecule has 0 fully saturated rings. The van der Waals surface area contributed by atoms with Crippen LogP contribution in [-0.4, -0.2) is 21.4 Å². The minimum atomic E-state index is -0.504. The summed E-state index contributed by atoms with van der Waals surface area (Å²) in [5.41, 5.74) is 1.73. The first kappa shape index (κ1) is 16.4. The van der Waals surface area contributed by atoms with E-state index in [9.17, 15) is 10.1 Å². The van der Waals surface area contributed by atoms with Crippen LogP contribution in [0.3, 0.4) is 0 Å². The Bertz CT molecular complexity index is 698. The summed E-state index contributed by atoms with van der Waals surface area (Å²) < 4.78 is 0. The number of aromatic nitrogens is 2. The van der Waals surface area contributed by atoms with Crippen molar-refractivity contribution in [3.05, 3.63) is 58.9 Å². The van der Waals surface area contributed by atoms with Crippen molar-refractivity contribution in [2.75, 3.05) is 17.2 Å². The zero-order valence-electron chi connectivity index (χ0n) is 13.1. The molecular weight excluding hydrogens is 294 g/mol. The third kappa shape index (κ3) is 4.03. The minimum absolute atomic E-state index is 0.147. The van der Waals surface area contributed by atoms with E-state index in [2.05, 4.69) is 41.0 Å². The first-order valence-electron chi connectivity index (χ1n) is 7.24. The Labute approximate surface area is 134 Å². The van der Waals surface area contributed by atoms with E-state index in [4.69, 9.17) is 0 Å². The van der Waals surface area contributed by atoms with Gasteiger partial charge in [-0.1, -0.05) is 32.1 Å². The second-order valence-electron chi connectivity index (χ2n) is 5.25. The van der Waals surface area contributed by atoms with E-state index in [1.807, 2.05) is 24.3 Å². The van der Waals surface area contributed by atoms with Crippen molar-refractivity contribution in [2.24, 2.45) is 0 Å². The van der Waals surface area contributed by atoms with Crippen molar-refractivity contribution >= 4 is 23.0 Å². The Hall–Kier alpha value is -2.96. The van der Waals surface area contributed by atoms with Gasteiger partial charge in [-0.25, -0.2) is 9.97 Å². The van der Waals surface area contributed by atoms with Gasteiger partial charge in [0.15, 0.2) is 0 Å². The number of rotatable bonds is 7. The van der Waals surface area contributed by atoms with Crippen LogP contribution in [-0.2, 0) is 0 Å². The molecular formula is C16H19N5O2. The molecule has 0 aliphatic heterocycles. The minimum Gasteiger partial charge on any atom is -0.361 e. The predicted octanol–water partition coefficient (Wildman–Crippen LogP) is 3.85. The van der Waals surface area contributed by atoms with Crippen molar-refractivity contribution in [2.45, 2.75) is 19.8 Å². The molecule has 2 N–H and O–H groups in total. The first-order valence-corrected chi connectivity index (χ1v) is 7.24. The molecule has 7 heteroatoms. The maximum Gasteiger partial charge on any atom is 0.353 e. The third-order valence-corrected chi connectivity index (χ3v) is 3.26. The second kappa shape index (κ2) is 7.35. The van der Waals surface area contributed by atoms with Crippen LogP contribution in [0, 0.1) is 10.1 Å². The normalized spacial score (nSPS) is 10.4. The van der Waals surface area contributed by atoms with Gasteiger partial charge in [0.1, 0.15) is 6.33 Å². The van der Waals surface area contributed by atoms with Crippen LogP contribution in [0.4, 0.5) is 23.0 Å². The lowest BCUT2D eigenvalue weighted by atomic mass is 10.0. The van der Waals surface area contributed by atoms with Gasteiger partial charge in [-0.2, -0.15) is 0 Å². The van der Waals surface area contributed by atoms with Gasteiger partial charge in [0.25, 0.3) is 0 Å². The fourth-order valence-electron chi connectivity index (χ4n) is 2.03. The molecule has 2 rings (SSSR count). The number of anilines is 3. The van der Waals surface area contributed by atoms with Gasteiger partial charge in [-0.05, 0) is 23.6 Å². The molecule has 1 heterocycles. The van der Waals surface area contributed by atoms with E-state index in [-0.39, 0.29) is 17.3 Å². The SMILES string of the molecule is C=CCNc1ncnc(Nc2ccc(C(C)C)cc2)c1[N+](=O)[O-]. The van der Waals surface area contributed by atoms with Crippen molar-refractivity contribution in [3.63, 3.8) is 0 Å². The molecule has 2 aromatic rings. The van der Waals surface area contributed by atoms with Crippen molar-refractivity contribution in [1.29, 1.82) is 0 Å². The molecule has 0 aliphatic carbocycles. The van der Waals surface area contributed by atoms with Crippen molar-refractivity contribution in [3.8, 4) is 0 Å². The van der Waals surface area contributed by atoms with Gasteiger partial charge < -0.3 is 10.6 Å². The summed E-state index contributed by atoms with van der Waals surface area (Å²) in [7, 11) is 0. The maximum absolute atomic E-state index is 11.4. The van der Waals surface area contributed by atoms with Gasteiger partial charge in [0.2, 0.25) is 11.6 Å². The van der Waals surface area contributed by atoms with Crippen molar-refractivity contribution in [1.82, 2.24) is 9.97 Å². The topological polar surface area (TPSA) is 93.0 Å². The summed E-state index contributed by atoms with van der Waals surface area (Å²) in [6.07, 6.45) is 2.88. The third-order valence-electron chi connectivity index (χ3n) is 3.26. The summed E-state index contributed by atoms with van der Waals surface area (Å²) in [6, 6.07) is 7.71. The molecule has 0 aliphatic rings. The lowest BCUT2D eigenvalue weighted by Crippen LogP contribution is -2.08. The van der Waals surface area contributed by atoms with Crippen LogP contribution in [0.25, 0.3) is 0 Å². The fraction of sp³-hybridized carbons (Fsp3) is 0.250. The summed E-state index contributed by atoms with van der Waals surface area (Å²) in [4.78, 5) is 18.8. The smallest absolute Gasteiger partial charge is 0.353 e. The van der Waals surface area contributed by atoms with Crippen LogP contribution >= 0.6 is 0 Å². The van der Waals surface area contributed by atoms with E-state index < -0.39 is 4.92 Å². The number of hydrogen-bond acceptors (Lipinski definition) is 6. The molecule has 0 amide bonds. The van der Waals surface area contributed by atoms with E-state index in [1.54, 1.807) is 6.08 Å². The maximum atomic E-state index is 11.4. The molecule has 0 radical (unpaired) electrons. The lowest BCUT2D eigenvalue weighted by molar-refractivity contribution is -0.383. The van der Waals surface area contributed by atoms with Crippen LogP contribution in [0.1, 0.15) is 25.3 Å². The average Bonchev–Trinajstić information content (AvgIpc) is 2.53. The molecule has 7 nitrogen and oxygen atoms in total. The summed E-state index contributed by atoms with van der Waals surface area (Å²) in [6.45, 7) is 8.16. The molecule has 0 saturated heterocycles. The highest BCUT2D eigenvalue weighted by Gasteiger charge is 2.22. The van der Waals surface area contributed by atoms with Crippen molar-refractivity contribution < 1.29 is 4.92 Å². The van der Waals surface area contributed by atoms with E-state index >= 15 is 0 Å². The fourth-order valence-corrected chi connectivity index (χ4v) is 2.03. The molecule has 0 unspecified atom stereocenters. The molecule has 0 atom stereocenters. The Morgan fingerprint density at radius 1 is 1.26 bits per heavy atom. The predicted molar refractivity (Wildman–Crippen MR) is 91.2 cm³/mol. The summed E-state index contributed by atoms with van der Waals surface area (Å²) in [5.74, 6) is 0.729. The molecule has 0 spiro atoms. The average molecular weight is 313 g/mol. The quantitative estimate of drug-likeness (QED) is 0.458. The molecule has 1 aromatic heterocycles. The number of hydrogen-bond donors (Lipinski definition) is 2. The number of nitrogens with one attached hydrogen (secondary N) is 2. The van der Waals surface area contributed by atoms with E-state index in [0.717, 1.165) is 5.69 Å². The number of nitro groups is 1. The molecule has 120 valence electrons. The van der Waals surface area contributed by atoms with Gasteiger partial charge in [-0.3, -0.25) is 10.1 Å². The van der Waals surface area contributed by atoms with Gasteiger partial charge in [0, 0.05) is 12.2 Å².